The third-order valence-electron chi connectivity index (χ3n) is 8.50. The van der Waals surface area contributed by atoms with Crippen LogP contribution >= 0.6 is 0 Å². The van der Waals surface area contributed by atoms with Gasteiger partial charge in [0, 0.05) is 18.7 Å². The summed E-state index contributed by atoms with van der Waals surface area (Å²) in [5, 5.41) is 0. The van der Waals surface area contributed by atoms with E-state index in [2.05, 4.69) is 0 Å². The van der Waals surface area contributed by atoms with E-state index < -0.39 is 11.9 Å². The van der Waals surface area contributed by atoms with Crippen molar-refractivity contribution in [1.29, 1.82) is 0 Å². The number of benzene rings is 2. The van der Waals surface area contributed by atoms with E-state index in [0.717, 1.165) is 36.1 Å². The second-order valence-electron chi connectivity index (χ2n) is 10.5. The summed E-state index contributed by atoms with van der Waals surface area (Å²) in [7, 11) is 0. The molecule has 0 N–H and O–H groups in total. The molecule has 6 rings (SSSR count). The number of carbonyl (C=O) groups is 4. The Bertz CT molecular complexity index is 1220. The number of aryl methyl sites for hydroxylation is 2. The van der Waals surface area contributed by atoms with E-state index in [0.29, 0.717) is 23.3 Å². The number of fused-ring (bicyclic) bond motifs is 5. The largest absolute Gasteiger partial charge is 0.426 e. The Morgan fingerprint density at radius 2 is 1.49 bits per heavy atom. The fourth-order valence-corrected chi connectivity index (χ4v) is 6.53. The highest BCUT2D eigenvalue weighted by Crippen LogP contribution is 2.56. The fraction of sp³-hybridized carbons (Fsp3) is 0.429. The molecule has 2 aromatic rings. The molecule has 2 aromatic carbocycles. The van der Waals surface area contributed by atoms with Gasteiger partial charge in [-0.2, -0.15) is 0 Å². The van der Waals surface area contributed by atoms with Gasteiger partial charge < -0.3 is 9.64 Å². The van der Waals surface area contributed by atoms with Gasteiger partial charge in [0.2, 0.25) is 17.7 Å². The number of anilines is 2. The van der Waals surface area contributed by atoms with Crippen molar-refractivity contribution in [2.45, 2.75) is 39.5 Å². The first-order valence-electron chi connectivity index (χ1n) is 12.4. The molecule has 2 heterocycles. The van der Waals surface area contributed by atoms with Gasteiger partial charge in [-0.15, -0.1) is 0 Å². The highest BCUT2D eigenvalue weighted by Gasteiger charge is 2.61. The standard InChI is InChI=1S/C28H28N2O5/c1-15-3-6-21(11-16(15)2)29-14-19(13-23(29)31)28(34)35-22-9-7-20(8-10-22)30-26(32)24-17-4-5-18(12-17)25(24)27(30)33/h3,6-11,17-19,24-25H,4-5,12-14H2,1-2H3/t17-,18-,19-,24-,25+/m0/s1. The summed E-state index contributed by atoms with van der Waals surface area (Å²) in [6.45, 7) is 4.29. The molecule has 0 aromatic heterocycles. The monoisotopic (exact) mass is 472 g/mol. The molecule has 7 heteroatoms. The maximum absolute atomic E-state index is 13.0. The van der Waals surface area contributed by atoms with Crippen molar-refractivity contribution < 1.29 is 23.9 Å². The van der Waals surface area contributed by atoms with Crippen LogP contribution in [0.1, 0.15) is 36.8 Å². The summed E-state index contributed by atoms with van der Waals surface area (Å²) >= 11 is 0. The molecule has 180 valence electrons. The number of esters is 1. The van der Waals surface area contributed by atoms with Crippen LogP contribution in [0.4, 0.5) is 11.4 Å². The SMILES string of the molecule is Cc1ccc(N2C[C@@H](C(=O)Oc3ccc(N4C(=O)[C@@H]5[C@H]6CC[C@@H](C6)[C@@H]5C4=O)cc3)CC2=O)cc1C. The maximum Gasteiger partial charge on any atom is 0.316 e. The van der Waals surface area contributed by atoms with Gasteiger partial charge in [-0.1, -0.05) is 6.07 Å². The highest BCUT2D eigenvalue weighted by atomic mass is 16.5. The maximum atomic E-state index is 13.0. The van der Waals surface area contributed by atoms with E-state index in [-0.39, 0.29) is 42.5 Å². The molecule has 4 fully saturated rings. The normalized spacial score (nSPS) is 29.3. The summed E-state index contributed by atoms with van der Waals surface area (Å²) in [5.74, 6) is -0.629. The van der Waals surface area contributed by atoms with E-state index in [9.17, 15) is 19.2 Å². The molecule has 35 heavy (non-hydrogen) atoms. The summed E-state index contributed by atoms with van der Waals surface area (Å²) in [6.07, 6.45) is 3.18. The number of amides is 3. The topological polar surface area (TPSA) is 84.0 Å². The van der Waals surface area contributed by atoms with E-state index >= 15 is 0 Å². The molecular formula is C28H28N2O5. The molecule has 4 aliphatic rings. The van der Waals surface area contributed by atoms with Crippen LogP contribution in [-0.2, 0) is 19.2 Å². The van der Waals surface area contributed by atoms with Gasteiger partial charge in [-0.25, -0.2) is 0 Å². The minimum atomic E-state index is -0.555. The van der Waals surface area contributed by atoms with Gasteiger partial charge in [0.05, 0.1) is 23.4 Å². The molecular weight excluding hydrogens is 444 g/mol. The van der Waals surface area contributed by atoms with Crippen molar-refractivity contribution in [2.75, 3.05) is 16.3 Å². The predicted molar refractivity (Wildman–Crippen MR) is 129 cm³/mol. The Morgan fingerprint density at radius 3 is 2.11 bits per heavy atom. The van der Waals surface area contributed by atoms with Crippen LogP contribution < -0.4 is 14.5 Å². The fourth-order valence-electron chi connectivity index (χ4n) is 6.53. The zero-order valence-corrected chi connectivity index (χ0v) is 19.9. The minimum absolute atomic E-state index is 0.0900. The Labute approximate surface area is 204 Å². The second kappa shape index (κ2) is 8.04. The Hall–Kier alpha value is -3.48. The van der Waals surface area contributed by atoms with Gasteiger partial charge in [0.1, 0.15) is 5.75 Å². The highest BCUT2D eigenvalue weighted by molar-refractivity contribution is 6.22. The van der Waals surface area contributed by atoms with Gasteiger partial charge in [0.15, 0.2) is 0 Å². The lowest BCUT2D eigenvalue weighted by molar-refractivity contribution is -0.139. The minimum Gasteiger partial charge on any atom is -0.426 e. The number of hydrogen-bond acceptors (Lipinski definition) is 5. The molecule has 7 nitrogen and oxygen atoms in total. The van der Waals surface area contributed by atoms with Crippen LogP contribution in [0.5, 0.6) is 5.75 Å². The lowest BCUT2D eigenvalue weighted by atomic mass is 9.81. The first kappa shape index (κ1) is 22.0. The van der Waals surface area contributed by atoms with Crippen LogP contribution in [0, 0.1) is 43.4 Å². The van der Waals surface area contributed by atoms with Gasteiger partial charge >= 0.3 is 5.97 Å². The number of nitrogens with zero attached hydrogens (tertiary/aromatic N) is 2. The average molecular weight is 473 g/mol. The quantitative estimate of drug-likeness (QED) is 0.384. The molecule has 2 aliphatic carbocycles. The number of hydrogen-bond donors (Lipinski definition) is 0. The molecule has 3 amide bonds. The second-order valence-corrected chi connectivity index (χ2v) is 10.5. The van der Waals surface area contributed by atoms with Crippen molar-refractivity contribution in [3.8, 4) is 5.75 Å². The van der Waals surface area contributed by atoms with Crippen molar-refractivity contribution in [3.05, 3.63) is 53.6 Å². The molecule has 5 atom stereocenters. The van der Waals surface area contributed by atoms with Crippen LogP contribution in [0.25, 0.3) is 0 Å². The number of imide groups is 1. The van der Waals surface area contributed by atoms with Crippen LogP contribution in [-0.4, -0.2) is 30.2 Å². The van der Waals surface area contributed by atoms with Gasteiger partial charge in [-0.3, -0.25) is 24.1 Å². The predicted octanol–water partition coefficient (Wildman–Crippen LogP) is 3.80. The zero-order valence-electron chi connectivity index (χ0n) is 19.9. The molecule has 2 aliphatic heterocycles. The lowest BCUT2D eigenvalue weighted by Gasteiger charge is -2.19. The van der Waals surface area contributed by atoms with Crippen LogP contribution in [0.3, 0.4) is 0 Å². The third-order valence-corrected chi connectivity index (χ3v) is 8.50. The lowest BCUT2D eigenvalue weighted by Crippen LogP contribution is -2.32. The summed E-state index contributed by atoms with van der Waals surface area (Å²) in [4.78, 5) is 54.4. The molecule has 0 radical (unpaired) electrons. The first-order valence-corrected chi connectivity index (χ1v) is 12.4. The molecule has 0 unspecified atom stereocenters. The number of ether oxygens (including phenoxy) is 1. The molecule has 2 saturated heterocycles. The van der Waals surface area contributed by atoms with Gasteiger partial charge in [-0.05, 0) is 92.5 Å². The van der Waals surface area contributed by atoms with Crippen molar-refractivity contribution in [2.24, 2.45) is 29.6 Å². The van der Waals surface area contributed by atoms with Crippen molar-refractivity contribution in [3.63, 3.8) is 0 Å². The Kier molecular flexibility index (Phi) is 5.06. The van der Waals surface area contributed by atoms with Crippen molar-refractivity contribution >= 4 is 35.1 Å². The summed E-state index contributed by atoms with van der Waals surface area (Å²) in [5.41, 5.74) is 3.54. The molecule has 2 saturated carbocycles. The first-order chi connectivity index (χ1) is 16.8. The number of rotatable bonds is 4. The molecule has 2 bridgehead atoms. The molecule has 0 spiro atoms. The van der Waals surface area contributed by atoms with E-state index in [1.807, 2.05) is 32.0 Å². The zero-order chi connectivity index (χ0) is 24.4. The average Bonchev–Trinajstić information content (AvgIpc) is 3.60. The smallest absolute Gasteiger partial charge is 0.316 e. The van der Waals surface area contributed by atoms with Crippen LogP contribution in [0.2, 0.25) is 0 Å². The van der Waals surface area contributed by atoms with Crippen molar-refractivity contribution in [1.82, 2.24) is 0 Å². The Balaban J connectivity index is 1.12. The van der Waals surface area contributed by atoms with Crippen LogP contribution in [0.15, 0.2) is 42.5 Å². The number of carbonyl (C=O) groups excluding carboxylic acids is 4. The van der Waals surface area contributed by atoms with E-state index in [4.69, 9.17) is 4.74 Å². The third kappa shape index (κ3) is 3.48. The van der Waals surface area contributed by atoms with Gasteiger partial charge in [0.25, 0.3) is 0 Å². The van der Waals surface area contributed by atoms with E-state index in [1.165, 1.54) is 4.90 Å². The van der Waals surface area contributed by atoms with E-state index in [1.54, 1.807) is 29.2 Å². The summed E-state index contributed by atoms with van der Waals surface area (Å²) < 4.78 is 5.56. The Morgan fingerprint density at radius 1 is 0.857 bits per heavy atom. The summed E-state index contributed by atoms with van der Waals surface area (Å²) in [6, 6.07) is 12.3.